The molecule has 23 heteroatoms. The number of urea groups is 1. The Hall–Kier alpha value is -7.17. The molecule has 0 saturated heterocycles. The summed E-state index contributed by atoms with van der Waals surface area (Å²) in [4.78, 5) is 53.2. The topological polar surface area (TPSA) is 202 Å². The first-order valence-corrected chi connectivity index (χ1v) is 23.8. The van der Waals surface area contributed by atoms with Crippen LogP contribution in [0.15, 0.2) is 104 Å². The number of benzene rings is 3. The van der Waals surface area contributed by atoms with Gasteiger partial charge in [0.2, 0.25) is 11.8 Å². The summed E-state index contributed by atoms with van der Waals surface area (Å²) in [5, 5.41) is 7.88. The third kappa shape index (κ3) is 13.8. The van der Waals surface area contributed by atoms with Crippen LogP contribution in [-0.2, 0) is 6.18 Å². The zero-order valence-corrected chi connectivity index (χ0v) is 41.7. The lowest BCUT2D eigenvalue weighted by atomic mass is 10.2. The van der Waals surface area contributed by atoms with Crippen LogP contribution in [-0.4, -0.2) is 50.9 Å². The van der Waals surface area contributed by atoms with Gasteiger partial charge in [-0.3, -0.25) is 0 Å². The molecule has 0 saturated carbocycles. The van der Waals surface area contributed by atoms with E-state index in [2.05, 4.69) is 55.5 Å². The van der Waals surface area contributed by atoms with Gasteiger partial charge in [0.25, 0.3) is 0 Å². The summed E-state index contributed by atoms with van der Waals surface area (Å²) in [6.45, 7) is 11.7. The number of nitrogens with one attached hydrogen (secondary N) is 2. The SMILES string of the molecule is Cc1nc(C)c(-c2cc(Cl)ncn2)s1.Cc1nc(C)c(-c2cc(Oc3ccc(N)cc3)ncn2)s1.Cc1nc(C)c(-c2cc(Oc3ccc(NC(=O)Nc4ccc(Cl)c(C(F)(F)F)c4)cc3)ncn2)s1. The molecule has 3 aromatic carbocycles. The highest BCUT2D eigenvalue weighted by Gasteiger charge is 2.33. The van der Waals surface area contributed by atoms with Gasteiger partial charge in [0.1, 0.15) is 35.6 Å². The number of carbonyl (C=O) groups is 1. The first-order chi connectivity index (χ1) is 33.4. The number of alkyl halides is 3. The summed E-state index contributed by atoms with van der Waals surface area (Å²) in [6, 6.07) is 21.2. The molecule has 15 nitrogen and oxygen atoms in total. The fraction of sp³-hybridized carbons (Fsp3) is 0.149. The zero-order valence-electron chi connectivity index (χ0n) is 37.8. The van der Waals surface area contributed by atoms with E-state index in [0.29, 0.717) is 45.5 Å². The van der Waals surface area contributed by atoms with Crippen LogP contribution in [0.1, 0.15) is 37.7 Å². The Balaban J connectivity index is 0.000000173. The lowest BCUT2D eigenvalue weighted by Crippen LogP contribution is -2.19. The fourth-order valence-corrected chi connectivity index (χ4v) is 9.34. The number of aryl methyl sites for hydroxylation is 6. The number of nitrogens with zero attached hydrogens (tertiary/aromatic N) is 9. The van der Waals surface area contributed by atoms with Crippen molar-refractivity contribution in [1.29, 1.82) is 0 Å². The molecular weight excluding hydrogens is 1000 g/mol. The Bertz CT molecular complexity index is 3260. The van der Waals surface area contributed by atoms with Crippen LogP contribution in [0, 0.1) is 41.5 Å². The van der Waals surface area contributed by atoms with E-state index in [9.17, 15) is 18.0 Å². The van der Waals surface area contributed by atoms with Gasteiger partial charge in [0.15, 0.2) is 0 Å². The smallest absolute Gasteiger partial charge is 0.417 e. The summed E-state index contributed by atoms with van der Waals surface area (Å²) in [7, 11) is 0. The molecule has 0 aliphatic heterocycles. The Morgan fingerprint density at radius 2 is 0.971 bits per heavy atom. The van der Waals surface area contributed by atoms with E-state index in [4.69, 9.17) is 38.4 Å². The molecular formula is C47H39Cl2F3N12O3S3. The Morgan fingerprint density at radius 3 is 1.40 bits per heavy atom. The Labute approximate surface area is 421 Å². The van der Waals surface area contributed by atoms with Gasteiger partial charge in [-0.05, 0) is 108 Å². The van der Waals surface area contributed by atoms with E-state index in [1.165, 1.54) is 36.4 Å². The zero-order chi connectivity index (χ0) is 50.1. The van der Waals surface area contributed by atoms with E-state index >= 15 is 0 Å². The summed E-state index contributed by atoms with van der Waals surface area (Å²) in [5.41, 5.74) is 10.9. The summed E-state index contributed by atoms with van der Waals surface area (Å²) in [6.07, 6.45) is -0.271. The minimum Gasteiger partial charge on any atom is -0.439 e. The molecule has 6 aromatic heterocycles. The molecule has 0 atom stereocenters. The first-order valence-electron chi connectivity index (χ1n) is 20.6. The van der Waals surface area contributed by atoms with Gasteiger partial charge in [-0.2, -0.15) is 13.2 Å². The molecule has 0 aliphatic carbocycles. The average Bonchev–Trinajstić information content (AvgIpc) is 3.97. The van der Waals surface area contributed by atoms with Crippen LogP contribution >= 0.6 is 57.2 Å². The summed E-state index contributed by atoms with van der Waals surface area (Å²) in [5.74, 6) is 1.98. The highest BCUT2D eigenvalue weighted by atomic mass is 35.5. The number of hydrogen-bond donors (Lipinski definition) is 3. The number of amides is 2. The molecule has 0 unspecified atom stereocenters. The summed E-state index contributed by atoms with van der Waals surface area (Å²) >= 11 is 16.1. The maximum absolute atomic E-state index is 13.0. The number of nitrogens with two attached hydrogens (primary N) is 1. The highest BCUT2D eigenvalue weighted by Crippen LogP contribution is 2.37. The van der Waals surface area contributed by atoms with Gasteiger partial charge >= 0.3 is 12.2 Å². The number of aromatic nitrogens is 9. The number of thiazole rings is 3. The quantitative estimate of drug-likeness (QED) is 0.0911. The molecule has 0 fully saturated rings. The molecule has 9 aromatic rings. The van der Waals surface area contributed by atoms with Crippen molar-refractivity contribution in [3.05, 3.63) is 152 Å². The second-order valence-corrected chi connectivity index (χ2v) is 19.1. The minimum absolute atomic E-state index is 0.0508. The van der Waals surface area contributed by atoms with Crippen molar-refractivity contribution in [2.75, 3.05) is 16.4 Å². The molecule has 4 N–H and O–H groups in total. The van der Waals surface area contributed by atoms with Gasteiger partial charge in [0, 0.05) is 35.3 Å². The molecule has 0 bridgehead atoms. The largest absolute Gasteiger partial charge is 0.439 e. The predicted molar refractivity (Wildman–Crippen MR) is 269 cm³/mol. The molecule has 358 valence electrons. The molecule has 0 spiro atoms. The molecule has 9 rings (SSSR count). The maximum atomic E-state index is 13.0. The van der Waals surface area contributed by atoms with Crippen LogP contribution in [0.4, 0.5) is 35.0 Å². The van der Waals surface area contributed by atoms with Crippen LogP contribution in [0.5, 0.6) is 23.3 Å². The summed E-state index contributed by atoms with van der Waals surface area (Å²) < 4.78 is 50.5. The molecule has 70 heavy (non-hydrogen) atoms. The molecule has 0 aliphatic rings. The predicted octanol–water partition coefficient (Wildman–Crippen LogP) is 13.8. The first kappa shape index (κ1) is 50.7. The molecule has 2 amide bonds. The Kier molecular flexibility index (Phi) is 16.3. The van der Waals surface area contributed by atoms with Gasteiger partial charge in [-0.1, -0.05) is 23.2 Å². The number of hydrogen-bond acceptors (Lipinski definition) is 16. The standard InChI is InChI=1S/C23H17ClF3N5O2S.C15H14N4OS.C9H8ClN3S/c1-12-21(35-13(2)30-12)19-10-20(29-11-28-19)34-16-6-3-14(4-7-16)31-22(33)32-15-5-8-18(24)17(9-15)23(25,26)27;1-9-15(21-10(2)19-9)13-7-14(18-8-17-13)20-12-5-3-11(16)4-6-12;1-5-9(14-6(2)13-5)7-3-8(10)12-4-11-7/h3-11H,1-2H3,(H2,31,32,33);3-8H,16H2,1-2H3;3-4H,1-2H3. The monoisotopic (exact) mass is 1040 g/mol. The van der Waals surface area contributed by atoms with Gasteiger partial charge < -0.3 is 25.8 Å². The normalized spacial score (nSPS) is 10.9. The number of ether oxygens (including phenoxy) is 2. The fourth-order valence-electron chi connectivity index (χ4n) is 6.30. The lowest BCUT2D eigenvalue weighted by Gasteiger charge is -2.12. The van der Waals surface area contributed by atoms with Gasteiger partial charge in [-0.25, -0.2) is 49.7 Å². The number of nitrogen functional groups attached to an aromatic ring is 1. The van der Waals surface area contributed by atoms with Crippen LogP contribution in [0.3, 0.4) is 0 Å². The van der Waals surface area contributed by atoms with E-state index < -0.39 is 22.8 Å². The van der Waals surface area contributed by atoms with Crippen molar-refractivity contribution >= 4 is 80.3 Å². The lowest BCUT2D eigenvalue weighted by molar-refractivity contribution is -0.137. The van der Waals surface area contributed by atoms with Crippen molar-refractivity contribution in [1.82, 2.24) is 44.9 Å². The van der Waals surface area contributed by atoms with Gasteiger partial charge in [0.05, 0.1) is 74.4 Å². The number of carbonyl (C=O) groups excluding carboxylic acids is 1. The Morgan fingerprint density at radius 1 is 0.557 bits per heavy atom. The van der Waals surface area contributed by atoms with Crippen molar-refractivity contribution in [2.45, 2.75) is 47.7 Å². The average molecular weight is 1040 g/mol. The third-order valence-electron chi connectivity index (χ3n) is 9.29. The van der Waals surface area contributed by atoms with E-state index in [1.54, 1.807) is 83.3 Å². The van der Waals surface area contributed by atoms with Crippen LogP contribution < -0.4 is 25.8 Å². The third-order valence-corrected chi connectivity index (χ3v) is 13.1. The molecule has 6 heterocycles. The van der Waals surface area contributed by atoms with E-state index in [-0.39, 0.29) is 5.69 Å². The van der Waals surface area contributed by atoms with Crippen molar-refractivity contribution < 1.29 is 27.4 Å². The van der Waals surface area contributed by atoms with E-state index in [1.807, 2.05) is 47.6 Å². The van der Waals surface area contributed by atoms with Crippen LogP contribution in [0.25, 0.3) is 31.7 Å². The number of anilines is 3. The highest BCUT2D eigenvalue weighted by molar-refractivity contribution is 7.15. The van der Waals surface area contributed by atoms with E-state index in [0.717, 1.165) is 70.3 Å². The second kappa shape index (κ2) is 22.5. The molecule has 0 radical (unpaired) electrons. The second-order valence-electron chi connectivity index (χ2n) is 14.7. The number of halogens is 5. The maximum Gasteiger partial charge on any atom is 0.417 e. The van der Waals surface area contributed by atoms with Crippen molar-refractivity contribution in [2.24, 2.45) is 0 Å². The van der Waals surface area contributed by atoms with Crippen molar-refractivity contribution in [3.8, 4) is 55.0 Å². The minimum atomic E-state index is -4.63. The van der Waals surface area contributed by atoms with Gasteiger partial charge in [-0.15, -0.1) is 34.0 Å². The van der Waals surface area contributed by atoms with Crippen molar-refractivity contribution in [3.63, 3.8) is 0 Å². The number of rotatable bonds is 9. The van der Waals surface area contributed by atoms with Crippen LogP contribution in [0.2, 0.25) is 10.2 Å².